The molecule has 1 aliphatic rings. The molecule has 0 saturated carbocycles. The van der Waals surface area contributed by atoms with Crippen molar-refractivity contribution in [1.29, 1.82) is 0 Å². The van der Waals surface area contributed by atoms with Crippen LogP contribution in [0.2, 0.25) is 0 Å². The van der Waals surface area contributed by atoms with Gasteiger partial charge in [0.25, 0.3) is 0 Å². The van der Waals surface area contributed by atoms with E-state index in [0.29, 0.717) is 24.4 Å². The van der Waals surface area contributed by atoms with Gasteiger partial charge in [-0.1, -0.05) is 0 Å². The van der Waals surface area contributed by atoms with E-state index in [1.54, 1.807) is 11.3 Å². The molecule has 0 aromatic carbocycles. The molecule has 0 aliphatic carbocycles. The lowest BCUT2D eigenvalue weighted by Crippen LogP contribution is -2.13. The Kier molecular flexibility index (Phi) is 3.79. The molecular formula is C13H17N3O2S. The van der Waals surface area contributed by atoms with Crippen LogP contribution in [-0.4, -0.2) is 36.3 Å². The summed E-state index contributed by atoms with van der Waals surface area (Å²) in [6.07, 6.45) is 1.07. The van der Waals surface area contributed by atoms with Gasteiger partial charge in [0.2, 0.25) is 11.8 Å². The second-order valence-electron chi connectivity index (χ2n) is 4.56. The Morgan fingerprint density at radius 2 is 2.47 bits per heavy atom. The molecule has 0 radical (unpaired) electrons. The van der Waals surface area contributed by atoms with Crippen LogP contribution in [0.25, 0.3) is 10.2 Å². The Morgan fingerprint density at radius 3 is 3.26 bits per heavy atom. The summed E-state index contributed by atoms with van der Waals surface area (Å²) < 4.78 is 11.2. The summed E-state index contributed by atoms with van der Waals surface area (Å²) in [5.41, 5.74) is 0. The summed E-state index contributed by atoms with van der Waals surface area (Å²) >= 11 is 1.60. The van der Waals surface area contributed by atoms with Crippen LogP contribution in [0.4, 0.5) is 5.95 Å². The number of hydrogen-bond donors (Lipinski definition) is 1. The van der Waals surface area contributed by atoms with Crippen LogP contribution in [-0.2, 0) is 4.74 Å². The minimum absolute atomic E-state index is 0.478. The maximum absolute atomic E-state index is 5.88. The average molecular weight is 279 g/mol. The fourth-order valence-corrected chi connectivity index (χ4v) is 2.84. The van der Waals surface area contributed by atoms with Crippen LogP contribution >= 0.6 is 11.3 Å². The first-order valence-corrected chi connectivity index (χ1v) is 7.44. The van der Waals surface area contributed by atoms with Gasteiger partial charge in [0.05, 0.1) is 18.6 Å². The lowest BCUT2D eigenvalue weighted by atomic mass is 10.1. The van der Waals surface area contributed by atoms with Crippen LogP contribution in [0.3, 0.4) is 0 Å². The van der Waals surface area contributed by atoms with Gasteiger partial charge in [-0.3, -0.25) is 0 Å². The van der Waals surface area contributed by atoms with E-state index in [4.69, 9.17) is 9.47 Å². The Balaban J connectivity index is 1.80. The molecule has 2 aromatic rings. The molecule has 1 unspecified atom stereocenters. The highest BCUT2D eigenvalue weighted by atomic mass is 32.1. The smallest absolute Gasteiger partial charge is 0.227 e. The number of rotatable bonds is 5. The third kappa shape index (κ3) is 2.79. The predicted octanol–water partition coefficient (Wildman–Crippen LogP) is 2.54. The summed E-state index contributed by atoms with van der Waals surface area (Å²) in [5, 5.41) is 6.14. The first-order valence-electron chi connectivity index (χ1n) is 6.56. The number of thiophene rings is 1. The van der Waals surface area contributed by atoms with Gasteiger partial charge in [0.1, 0.15) is 4.83 Å². The highest BCUT2D eigenvalue weighted by molar-refractivity contribution is 7.16. The molecule has 1 fully saturated rings. The molecule has 5 nitrogen and oxygen atoms in total. The summed E-state index contributed by atoms with van der Waals surface area (Å²) in [6.45, 7) is 5.12. The van der Waals surface area contributed by atoms with Crippen molar-refractivity contribution in [3.05, 3.63) is 11.4 Å². The van der Waals surface area contributed by atoms with E-state index in [-0.39, 0.29) is 0 Å². The van der Waals surface area contributed by atoms with Crippen molar-refractivity contribution in [3.8, 4) is 5.88 Å². The minimum atomic E-state index is 0.478. The van der Waals surface area contributed by atoms with Gasteiger partial charge in [0, 0.05) is 19.1 Å². The molecule has 19 heavy (non-hydrogen) atoms. The largest absolute Gasteiger partial charge is 0.477 e. The number of nitrogens with zero attached hydrogens (tertiary/aromatic N) is 2. The molecule has 0 spiro atoms. The number of anilines is 1. The molecule has 2 aromatic heterocycles. The highest BCUT2D eigenvalue weighted by Gasteiger charge is 2.18. The molecule has 0 amide bonds. The summed E-state index contributed by atoms with van der Waals surface area (Å²) in [4.78, 5) is 9.86. The van der Waals surface area contributed by atoms with Crippen LogP contribution in [0.5, 0.6) is 5.88 Å². The maximum atomic E-state index is 5.88. The topological polar surface area (TPSA) is 56.3 Å². The molecular weight excluding hydrogens is 262 g/mol. The van der Waals surface area contributed by atoms with E-state index in [0.717, 1.165) is 36.4 Å². The summed E-state index contributed by atoms with van der Waals surface area (Å²) in [7, 11) is 0. The maximum Gasteiger partial charge on any atom is 0.227 e. The van der Waals surface area contributed by atoms with E-state index in [9.17, 15) is 0 Å². The number of aromatic nitrogens is 2. The van der Waals surface area contributed by atoms with Crippen molar-refractivity contribution in [3.63, 3.8) is 0 Å². The third-order valence-corrected chi connectivity index (χ3v) is 3.91. The molecule has 1 aliphatic heterocycles. The van der Waals surface area contributed by atoms with Crippen LogP contribution in [0.1, 0.15) is 13.3 Å². The van der Waals surface area contributed by atoms with Crippen molar-refractivity contribution in [2.45, 2.75) is 13.3 Å². The summed E-state index contributed by atoms with van der Waals surface area (Å²) in [6, 6.07) is 2.01. The Labute approximate surface area is 116 Å². The van der Waals surface area contributed by atoms with E-state index >= 15 is 0 Å². The van der Waals surface area contributed by atoms with Crippen LogP contribution < -0.4 is 10.1 Å². The molecule has 1 N–H and O–H groups in total. The lowest BCUT2D eigenvalue weighted by Gasteiger charge is -2.11. The molecule has 6 heteroatoms. The van der Waals surface area contributed by atoms with Crippen molar-refractivity contribution in [2.24, 2.45) is 5.92 Å². The first kappa shape index (κ1) is 12.6. The average Bonchev–Trinajstić information content (AvgIpc) is 3.07. The molecule has 3 heterocycles. The SMILES string of the molecule is CCNc1nc(OCC2CCOC2)c2ccsc2n1. The van der Waals surface area contributed by atoms with Crippen molar-refractivity contribution < 1.29 is 9.47 Å². The number of fused-ring (bicyclic) bond motifs is 1. The van der Waals surface area contributed by atoms with Gasteiger partial charge in [-0.25, -0.2) is 4.98 Å². The fourth-order valence-electron chi connectivity index (χ4n) is 2.09. The monoisotopic (exact) mass is 279 g/mol. The zero-order valence-corrected chi connectivity index (χ0v) is 11.7. The molecule has 0 bridgehead atoms. The van der Waals surface area contributed by atoms with E-state index in [1.165, 1.54) is 0 Å². The Hall–Kier alpha value is -1.40. The zero-order chi connectivity index (χ0) is 13.1. The van der Waals surface area contributed by atoms with E-state index in [2.05, 4.69) is 15.3 Å². The van der Waals surface area contributed by atoms with Crippen molar-refractivity contribution >= 4 is 27.5 Å². The standard InChI is InChI=1S/C13H17N3O2S/c1-2-14-13-15-11(10-4-6-19-12(10)16-13)18-8-9-3-5-17-7-9/h4,6,9H,2-3,5,7-8H2,1H3,(H,14,15,16). The van der Waals surface area contributed by atoms with Crippen LogP contribution in [0.15, 0.2) is 11.4 Å². The van der Waals surface area contributed by atoms with E-state index < -0.39 is 0 Å². The van der Waals surface area contributed by atoms with Gasteiger partial charge >= 0.3 is 0 Å². The second kappa shape index (κ2) is 5.71. The first-order chi connectivity index (χ1) is 9.36. The molecule has 102 valence electrons. The van der Waals surface area contributed by atoms with Gasteiger partial charge in [-0.05, 0) is 24.8 Å². The summed E-state index contributed by atoms with van der Waals surface area (Å²) in [5.74, 6) is 1.79. The van der Waals surface area contributed by atoms with Gasteiger partial charge in [-0.2, -0.15) is 4.98 Å². The number of ether oxygens (including phenoxy) is 2. The second-order valence-corrected chi connectivity index (χ2v) is 5.46. The number of hydrogen-bond acceptors (Lipinski definition) is 6. The minimum Gasteiger partial charge on any atom is -0.477 e. The van der Waals surface area contributed by atoms with Gasteiger partial charge < -0.3 is 14.8 Å². The quantitative estimate of drug-likeness (QED) is 0.911. The zero-order valence-electron chi connectivity index (χ0n) is 10.9. The van der Waals surface area contributed by atoms with Crippen molar-refractivity contribution in [2.75, 3.05) is 31.7 Å². The fraction of sp³-hybridized carbons (Fsp3) is 0.538. The predicted molar refractivity (Wildman–Crippen MR) is 76.0 cm³/mol. The highest BCUT2D eigenvalue weighted by Crippen LogP contribution is 2.28. The Bertz CT molecular complexity index is 552. The molecule has 1 saturated heterocycles. The molecule has 3 rings (SSSR count). The number of nitrogens with one attached hydrogen (secondary N) is 1. The van der Waals surface area contributed by atoms with E-state index in [1.807, 2.05) is 18.4 Å². The van der Waals surface area contributed by atoms with Crippen LogP contribution in [0, 0.1) is 5.92 Å². The van der Waals surface area contributed by atoms with Gasteiger partial charge in [-0.15, -0.1) is 11.3 Å². The lowest BCUT2D eigenvalue weighted by molar-refractivity contribution is 0.166. The van der Waals surface area contributed by atoms with Gasteiger partial charge in [0.15, 0.2) is 0 Å². The molecule has 1 atom stereocenters. The Morgan fingerprint density at radius 1 is 1.53 bits per heavy atom. The normalized spacial score (nSPS) is 18.9. The third-order valence-electron chi connectivity index (χ3n) is 3.10. The van der Waals surface area contributed by atoms with Crippen molar-refractivity contribution in [1.82, 2.24) is 9.97 Å².